The van der Waals surface area contributed by atoms with Crippen LogP contribution in [0.4, 0.5) is 4.39 Å². The minimum atomic E-state index is -4.62. The highest BCUT2D eigenvalue weighted by Gasteiger charge is 2.13. The third-order valence-corrected chi connectivity index (χ3v) is 1.19. The van der Waals surface area contributed by atoms with Crippen LogP contribution in [0.25, 0.3) is 0 Å². The molecule has 1 atom stereocenters. The van der Waals surface area contributed by atoms with Crippen molar-refractivity contribution in [3.05, 3.63) is 0 Å². The van der Waals surface area contributed by atoms with Crippen LogP contribution in [0.15, 0.2) is 0 Å². The summed E-state index contributed by atoms with van der Waals surface area (Å²) in [6.07, 6.45) is -1.52. The lowest BCUT2D eigenvalue weighted by Gasteiger charge is -2.02. The first-order valence-electron chi connectivity index (χ1n) is 2.75. The van der Waals surface area contributed by atoms with Crippen LogP contribution in [-0.2, 0) is 14.6 Å². The summed E-state index contributed by atoms with van der Waals surface area (Å²) in [5.74, 6) is 0. The van der Waals surface area contributed by atoms with Crippen molar-refractivity contribution in [2.75, 3.05) is 0 Å². The van der Waals surface area contributed by atoms with Crippen molar-refractivity contribution in [1.82, 2.24) is 0 Å². The fraction of sp³-hybridized carbons (Fsp3) is 1.00. The molecule has 0 rings (SSSR count). The Bertz CT molecular complexity index is 176. The van der Waals surface area contributed by atoms with Gasteiger partial charge in [-0.25, -0.2) is 8.57 Å². The van der Waals surface area contributed by atoms with E-state index in [1.54, 1.807) is 6.92 Å². The van der Waals surface area contributed by atoms with Gasteiger partial charge in [0, 0.05) is 6.42 Å². The van der Waals surface area contributed by atoms with E-state index in [4.69, 9.17) is 4.55 Å². The van der Waals surface area contributed by atoms with Gasteiger partial charge in [-0.3, -0.25) is 4.55 Å². The molecule has 10 heavy (non-hydrogen) atoms. The zero-order valence-corrected chi connectivity index (χ0v) is 6.27. The first kappa shape index (κ1) is 9.80. The summed E-state index contributed by atoms with van der Waals surface area (Å²) < 4.78 is 43.2. The van der Waals surface area contributed by atoms with Gasteiger partial charge in [-0.1, -0.05) is 13.3 Å². The van der Waals surface area contributed by atoms with Gasteiger partial charge in [0.05, 0.1) is 0 Å². The Kier molecular flexibility index (Phi) is 3.77. The molecule has 0 heterocycles. The van der Waals surface area contributed by atoms with Gasteiger partial charge in [-0.2, -0.15) is 8.42 Å². The maximum atomic E-state index is 12.1. The number of hydrogen-bond donors (Lipinski definition) is 1. The molecule has 0 saturated heterocycles. The highest BCUT2D eigenvalue weighted by Crippen LogP contribution is 2.05. The molecule has 0 amide bonds. The van der Waals surface area contributed by atoms with Crippen molar-refractivity contribution in [2.45, 2.75) is 26.1 Å². The maximum absolute atomic E-state index is 12.1. The van der Waals surface area contributed by atoms with Crippen molar-refractivity contribution in [2.24, 2.45) is 0 Å². The molecular weight excluding hydrogens is 163 g/mol. The summed E-state index contributed by atoms with van der Waals surface area (Å²) >= 11 is 0. The smallest absolute Gasteiger partial charge is 0.263 e. The Hall–Kier alpha value is -0.200. The van der Waals surface area contributed by atoms with E-state index < -0.39 is 16.8 Å². The highest BCUT2D eigenvalue weighted by atomic mass is 32.3. The Morgan fingerprint density at radius 3 is 2.50 bits per heavy atom. The van der Waals surface area contributed by atoms with Crippen LogP contribution in [-0.4, -0.2) is 19.3 Å². The molecule has 1 N–H and O–H groups in total. The molecule has 0 aliphatic carbocycles. The summed E-state index contributed by atoms with van der Waals surface area (Å²) in [5.41, 5.74) is 0. The first-order valence-corrected chi connectivity index (χ1v) is 4.12. The van der Waals surface area contributed by atoms with Crippen LogP contribution in [0.5, 0.6) is 0 Å². The Morgan fingerprint density at radius 2 is 2.20 bits per heavy atom. The summed E-state index contributed by atoms with van der Waals surface area (Å²) in [5, 5.41) is 0. The van der Waals surface area contributed by atoms with Crippen molar-refractivity contribution in [3.8, 4) is 0 Å². The number of rotatable bonds is 4. The molecule has 0 aromatic carbocycles. The second-order valence-corrected chi connectivity index (χ2v) is 2.77. The summed E-state index contributed by atoms with van der Waals surface area (Å²) in [6.45, 7) is 1.67. The summed E-state index contributed by atoms with van der Waals surface area (Å²) in [6, 6.07) is 0. The van der Waals surface area contributed by atoms with Gasteiger partial charge in [-0.05, 0) is 0 Å². The van der Waals surface area contributed by atoms with Crippen LogP contribution in [0, 0.1) is 0 Å². The van der Waals surface area contributed by atoms with Gasteiger partial charge in [0.15, 0.2) is 0 Å². The Labute approximate surface area is 59.0 Å². The number of hydrogen-bond acceptors (Lipinski definition) is 3. The van der Waals surface area contributed by atoms with E-state index in [9.17, 15) is 12.8 Å². The van der Waals surface area contributed by atoms with Crippen molar-refractivity contribution >= 4 is 10.4 Å². The molecule has 0 aliphatic heterocycles. The van der Waals surface area contributed by atoms with Crippen LogP contribution in [0.2, 0.25) is 0 Å². The van der Waals surface area contributed by atoms with Gasteiger partial charge >= 0.3 is 10.4 Å². The molecule has 0 saturated carbocycles. The minimum Gasteiger partial charge on any atom is -0.263 e. The van der Waals surface area contributed by atoms with Crippen LogP contribution in [0.1, 0.15) is 19.8 Å². The highest BCUT2D eigenvalue weighted by molar-refractivity contribution is 7.80. The molecule has 0 aromatic heterocycles. The molecule has 6 heteroatoms. The zero-order chi connectivity index (χ0) is 8.20. The normalized spacial score (nSPS) is 15.1. The van der Waals surface area contributed by atoms with Crippen molar-refractivity contribution in [3.63, 3.8) is 0 Å². The van der Waals surface area contributed by atoms with Crippen LogP contribution >= 0.6 is 0 Å². The monoisotopic (exact) mass is 172 g/mol. The molecule has 1 unspecified atom stereocenters. The molecule has 62 valence electrons. The number of halogens is 1. The second-order valence-electron chi connectivity index (χ2n) is 1.72. The van der Waals surface area contributed by atoms with Gasteiger partial charge in [0.25, 0.3) is 0 Å². The average molecular weight is 172 g/mol. The lowest BCUT2D eigenvalue weighted by molar-refractivity contribution is 0.0535. The van der Waals surface area contributed by atoms with Crippen LogP contribution < -0.4 is 0 Å². The molecule has 0 fully saturated rings. The zero-order valence-electron chi connectivity index (χ0n) is 5.45. The molecule has 0 spiro atoms. The molecule has 4 nitrogen and oxygen atoms in total. The van der Waals surface area contributed by atoms with E-state index in [1.165, 1.54) is 0 Å². The number of alkyl halides is 1. The fourth-order valence-electron chi connectivity index (χ4n) is 0.407. The lowest BCUT2D eigenvalue weighted by atomic mass is 10.3. The topological polar surface area (TPSA) is 63.6 Å². The van der Waals surface area contributed by atoms with E-state index in [1.807, 2.05) is 0 Å². The molecule has 0 aromatic rings. The predicted molar refractivity (Wildman–Crippen MR) is 32.4 cm³/mol. The summed E-state index contributed by atoms with van der Waals surface area (Å²) in [7, 11) is -4.62. The van der Waals surface area contributed by atoms with Gasteiger partial charge in [-0.15, -0.1) is 0 Å². The largest absolute Gasteiger partial charge is 0.400 e. The Morgan fingerprint density at radius 1 is 1.70 bits per heavy atom. The third-order valence-electron chi connectivity index (χ3n) is 0.742. The van der Waals surface area contributed by atoms with Gasteiger partial charge in [0.1, 0.15) is 0 Å². The van der Waals surface area contributed by atoms with E-state index in [-0.39, 0.29) is 6.42 Å². The summed E-state index contributed by atoms with van der Waals surface area (Å²) in [4.78, 5) is 0. The van der Waals surface area contributed by atoms with Crippen LogP contribution in [0.3, 0.4) is 0 Å². The average Bonchev–Trinajstić information content (AvgIpc) is 1.59. The van der Waals surface area contributed by atoms with E-state index in [2.05, 4.69) is 4.18 Å². The van der Waals surface area contributed by atoms with E-state index in [0.29, 0.717) is 6.42 Å². The Balaban J connectivity index is 3.69. The van der Waals surface area contributed by atoms with Gasteiger partial charge < -0.3 is 0 Å². The first-order chi connectivity index (χ1) is 4.45. The van der Waals surface area contributed by atoms with Gasteiger partial charge in [0.2, 0.25) is 6.36 Å². The molecular formula is C4H9FO4S. The minimum absolute atomic E-state index is 0.0419. The third kappa shape index (κ3) is 5.93. The fourth-order valence-corrected chi connectivity index (χ4v) is 0.767. The van der Waals surface area contributed by atoms with E-state index >= 15 is 0 Å². The second kappa shape index (κ2) is 3.85. The molecule has 0 radical (unpaired) electrons. The lowest BCUT2D eigenvalue weighted by Crippen LogP contribution is -2.12. The molecule has 0 aliphatic rings. The molecule has 0 bridgehead atoms. The predicted octanol–water partition coefficient (Wildman–Crippen LogP) is 0.901. The van der Waals surface area contributed by atoms with Crippen molar-refractivity contribution < 1.29 is 21.5 Å². The quantitative estimate of drug-likeness (QED) is 0.640. The maximum Gasteiger partial charge on any atom is 0.400 e. The SMILES string of the molecule is CCCC(F)OS(=O)(=O)O. The van der Waals surface area contributed by atoms with Crippen molar-refractivity contribution in [1.29, 1.82) is 0 Å². The van der Waals surface area contributed by atoms with E-state index in [0.717, 1.165) is 0 Å². The standard InChI is InChI=1S/C4H9FO4S/c1-2-3-4(5)9-10(6,7)8/h4H,2-3H2,1H3,(H,6,7,8).